The number of benzene rings is 1. The van der Waals surface area contributed by atoms with Crippen LogP contribution in [-0.4, -0.2) is 27.8 Å². The Labute approximate surface area is 121 Å². The van der Waals surface area contributed by atoms with E-state index in [1.165, 1.54) is 0 Å². The summed E-state index contributed by atoms with van der Waals surface area (Å²) in [7, 11) is 0. The fourth-order valence-electron chi connectivity index (χ4n) is 1.46. The van der Waals surface area contributed by atoms with E-state index in [2.05, 4.69) is 15.0 Å². The molecular formula is C13H16N4O2S. The van der Waals surface area contributed by atoms with Crippen molar-refractivity contribution in [2.24, 2.45) is 0 Å². The predicted molar refractivity (Wildman–Crippen MR) is 78.3 cm³/mol. The maximum absolute atomic E-state index is 5.66. The van der Waals surface area contributed by atoms with Crippen molar-refractivity contribution in [3.8, 4) is 17.8 Å². The summed E-state index contributed by atoms with van der Waals surface area (Å²) in [6.07, 6.45) is 2.83. The topological polar surface area (TPSA) is 83.2 Å². The monoisotopic (exact) mass is 292 g/mol. The Morgan fingerprint density at radius 3 is 2.65 bits per heavy atom. The molecule has 2 N–H and O–H groups in total. The highest BCUT2D eigenvalue weighted by atomic mass is 32.2. The van der Waals surface area contributed by atoms with E-state index in [1.54, 1.807) is 11.8 Å². The molecule has 1 aromatic heterocycles. The Morgan fingerprint density at radius 1 is 1.15 bits per heavy atom. The second kappa shape index (κ2) is 6.95. The van der Waals surface area contributed by atoms with Crippen molar-refractivity contribution in [2.45, 2.75) is 18.2 Å². The highest BCUT2D eigenvalue weighted by Crippen LogP contribution is 2.30. The summed E-state index contributed by atoms with van der Waals surface area (Å²) in [4.78, 5) is 12.9. The molecule has 0 fully saturated rings. The minimum atomic E-state index is 0.0720. The van der Waals surface area contributed by atoms with Gasteiger partial charge in [-0.25, -0.2) is 0 Å². The molecule has 0 aliphatic rings. The first-order valence-corrected chi connectivity index (χ1v) is 7.40. The molecule has 0 aliphatic carbocycles. The number of anilines is 1. The third kappa shape index (κ3) is 3.74. The second-order valence-electron chi connectivity index (χ2n) is 3.86. The molecule has 0 unspecified atom stereocenters. The molecule has 7 heteroatoms. The lowest BCUT2D eigenvalue weighted by Crippen LogP contribution is -2.06. The summed E-state index contributed by atoms with van der Waals surface area (Å²) in [5.41, 5.74) is 5.63. The number of hydrogen-bond acceptors (Lipinski definition) is 7. The largest absolute Gasteiger partial charge is 0.463 e. The number of aromatic nitrogens is 3. The van der Waals surface area contributed by atoms with Gasteiger partial charge in [-0.3, -0.25) is 0 Å². The van der Waals surface area contributed by atoms with E-state index >= 15 is 0 Å². The van der Waals surface area contributed by atoms with Crippen molar-refractivity contribution in [3.05, 3.63) is 24.3 Å². The number of hydrogen-bond donors (Lipinski definition) is 1. The molecule has 0 atom stereocenters. The molecule has 20 heavy (non-hydrogen) atoms. The minimum Gasteiger partial charge on any atom is -0.463 e. The third-order valence-corrected chi connectivity index (χ3v) is 3.09. The minimum absolute atomic E-state index is 0.0720. The van der Waals surface area contributed by atoms with Gasteiger partial charge in [-0.2, -0.15) is 9.97 Å². The number of nitrogens with zero attached hydrogens (tertiary/aromatic N) is 3. The zero-order chi connectivity index (χ0) is 14.4. The van der Waals surface area contributed by atoms with Gasteiger partial charge >= 0.3 is 12.0 Å². The highest BCUT2D eigenvalue weighted by molar-refractivity contribution is 7.98. The summed E-state index contributed by atoms with van der Waals surface area (Å²) < 4.78 is 11.0. The zero-order valence-corrected chi connectivity index (χ0v) is 12.2. The van der Waals surface area contributed by atoms with Crippen LogP contribution in [0.3, 0.4) is 0 Å². The van der Waals surface area contributed by atoms with E-state index in [9.17, 15) is 0 Å². The van der Waals surface area contributed by atoms with Crippen molar-refractivity contribution in [3.63, 3.8) is 0 Å². The summed E-state index contributed by atoms with van der Waals surface area (Å²) in [6.45, 7) is 2.51. The van der Waals surface area contributed by atoms with E-state index in [0.29, 0.717) is 12.4 Å². The van der Waals surface area contributed by atoms with Crippen molar-refractivity contribution in [1.29, 1.82) is 0 Å². The van der Waals surface area contributed by atoms with Crippen LogP contribution in [0.25, 0.3) is 0 Å². The Hall–Kier alpha value is -2.02. The van der Waals surface area contributed by atoms with Crippen molar-refractivity contribution >= 4 is 17.7 Å². The molecular weight excluding hydrogens is 276 g/mol. The fourth-order valence-corrected chi connectivity index (χ4v) is 1.98. The Kier molecular flexibility index (Phi) is 5.00. The molecule has 106 valence electrons. The van der Waals surface area contributed by atoms with E-state index < -0.39 is 0 Å². The highest BCUT2D eigenvalue weighted by Gasteiger charge is 2.09. The van der Waals surface area contributed by atoms with Crippen LogP contribution in [-0.2, 0) is 0 Å². The van der Waals surface area contributed by atoms with E-state index in [0.717, 1.165) is 11.3 Å². The van der Waals surface area contributed by atoms with Gasteiger partial charge in [0.2, 0.25) is 5.95 Å². The van der Waals surface area contributed by atoms with Crippen molar-refractivity contribution in [1.82, 2.24) is 15.0 Å². The summed E-state index contributed by atoms with van der Waals surface area (Å²) >= 11 is 1.58. The molecule has 6 nitrogen and oxygen atoms in total. The van der Waals surface area contributed by atoms with E-state index in [4.69, 9.17) is 15.2 Å². The Bertz CT molecular complexity index is 580. The van der Waals surface area contributed by atoms with Crippen LogP contribution in [0, 0.1) is 0 Å². The summed E-state index contributed by atoms with van der Waals surface area (Å²) in [5, 5.41) is 0. The second-order valence-corrected chi connectivity index (χ2v) is 4.71. The number of rotatable bonds is 6. The SMILES string of the molecule is CCCOc1nc(N)nc(Oc2ccccc2SC)n1. The van der Waals surface area contributed by atoms with Crippen LogP contribution >= 0.6 is 11.8 Å². The Balaban J connectivity index is 2.22. The average Bonchev–Trinajstić information content (AvgIpc) is 2.45. The van der Waals surface area contributed by atoms with Crippen molar-refractivity contribution in [2.75, 3.05) is 18.6 Å². The summed E-state index contributed by atoms with van der Waals surface area (Å²) in [6, 6.07) is 7.93. The molecule has 1 aromatic carbocycles. The zero-order valence-electron chi connectivity index (χ0n) is 11.4. The van der Waals surface area contributed by atoms with Gasteiger partial charge in [0.25, 0.3) is 0 Å². The molecule has 2 aromatic rings. The van der Waals surface area contributed by atoms with Gasteiger partial charge in [0.05, 0.1) is 6.61 Å². The third-order valence-electron chi connectivity index (χ3n) is 2.32. The van der Waals surface area contributed by atoms with Crippen LogP contribution in [0.5, 0.6) is 17.8 Å². The van der Waals surface area contributed by atoms with Gasteiger partial charge < -0.3 is 15.2 Å². The van der Waals surface area contributed by atoms with Gasteiger partial charge in [-0.15, -0.1) is 16.7 Å². The first-order valence-electron chi connectivity index (χ1n) is 6.18. The maximum atomic E-state index is 5.66. The van der Waals surface area contributed by atoms with E-state index in [1.807, 2.05) is 37.4 Å². The molecule has 2 rings (SSSR count). The van der Waals surface area contributed by atoms with Crippen LogP contribution in [0.15, 0.2) is 29.2 Å². The number of ether oxygens (including phenoxy) is 2. The quantitative estimate of drug-likeness (QED) is 0.819. The average molecular weight is 292 g/mol. The standard InChI is InChI=1S/C13H16N4O2S/c1-3-8-18-12-15-11(14)16-13(17-12)19-9-6-4-5-7-10(9)20-2/h4-7H,3,8H2,1-2H3,(H2,14,15,16,17). The van der Waals surface area contributed by atoms with Crippen molar-refractivity contribution < 1.29 is 9.47 Å². The first kappa shape index (κ1) is 14.4. The van der Waals surface area contributed by atoms with E-state index in [-0.39, 0.29) is 18.0 Å². The molecule has 0 saturated carbocycles. The van der Waals surface area contributed by atoms with Gasteiger partial charge in [-0.05, 0) is 24.8 Å². The molecule has 1 heterocycles. The van der Waals surface area contributed by atoms with Gasteiger partial charge in [0.15, 0.2) is 0 Å². The lowest BCUT2D eigenvalue weighted by atomic mass is 10.3. The van der Waals surface area contributed by atoms with Crippen LogP contribution in [0.1, 0.15) is 13.3 Å². The maximum Gasteiger partial charge on any atom is 0.330 e. The van der Waals surface area contributed by atoms with Gasteiger partial charge in [0.1, 0.15) is 5.75 Å². The predicted octanol–water partition coefficient (Wildman–Crippen LogP) is 2.76. The molecule has 0 saturated heterocycles. The van der Waals surface area contributed by atoms with Crippen LogP contribution < -0.4 is 15.2 Å². The number of nitrogen functional groups attached to an aromatic ring is 1. The molecule has 0 bridgehead atoms. The fraction of sp³-hybridized carbons (Fsp3) is 0.308. The number of thioether (sulfide) groups is 1. The molecule has 0 aliphatic heterocycles. The normalized spacial score (nSPS) is 10.3. The summed E-state index contributed by atoms with van der Waals surface area (Å²) in [5.74, 6) is 0.745. The molecule has 0 amide bonds. The van der Waals surface area contributed by atoms with Gasteiger partial charge in [0, 0.05) is 4.90 Å². The molecule has 0 spiro atoms. The first-order chi connectivity index (χ1) is 9.72. The lowest BCUT2D eigenvalue weighted by Gasteiger charge is -2.09. The number of nitrogens with two attached hydrogens (primary N) is 1. The smallest absolute Gasteiger partial charge is 0.330 e. The van der Waals surface area contributed by atoms with Crippen LogP contribution in [0.4, 0.5) is 5.95 Å². The lowest BCUT2D eigenvalue weighted by molar-refractivity contribution is 0.285. The van der Waals surface area contributed by atoms with Crippen LogP contribution in [0.2, 0.25) is 0 Å². The Morgan fingerprint density at radius 2 is 1.90 bits per heavy atom. The van der Waals surface area contributed by atoms with Gasteiger partial charge in [-0.1, -0.05) is 19.1 Å². The number of para-hydroxylation sites is 1. The molecule has 0 radical (unpaired) electrons.